The van der Waals surface area contributed by atoms with E-state index < -0.39 is 48.8 Å². The second kappa shape index (κ2) is 9.84. The predicted octanol–water partition coefficient (Wildman–Crippen LogP) is 6.02. The number of nitrogens with one attached hydrogen (secondary N) is 1. The van der Waals surface area contributed by atoms with Crippen molar-refractivity contribution < 1.29 is 40.8 Å². The molecule has 2 aliphatic heterocycles. The number of carbonyl (C=O) groups excluding carboxylic acids is 2. The number of hydrogen-bond acceptors (Lipinski definition) is 5. The summed E-state index contributed by atoms with van der Waals surface area (Å²) >= 11 is 12.8. The van der Waals surface area contributed by atoms with Gasteiger partial charge < -0.3 is 15.1 Å². The number of benzene rings is 1. The molecule has 0 spiro atoms. The number of likely N-dealkylation sites (tertiary alicyclic amines) is 1. The Hall–Kier alpha value is -2.51. The van der Waals surface area contributed by atoms with Gasteiger partial charge >= 0.3 is 12.4 Å². The molecule has 15 heteroatoms. The number of rotatable bonds is 5. The monoisotopic (exact) mass is 613 g/mol. The molecule has 39 heavy (non-hydrogen) atoms. The average molecular weight is 614 g/mol. The number of amides is 2. The van der Waals surface area contributed by atoms with Crippen LogP contribution >= 0.6 is 34.5 Å². The number of alkyl halides is 6. The number of oxime groups is 1. The molecule has 1 aliphatic carbocycles. The molecule has 6 nitrogen and oxygen atoms in total. The fourth-order valence-electron chi connectivity index (χ4n) is 5.17. The molecule has 1 aromatic carbocycles. The van der Waals surface area contributed by atoms with E-state index in [1.165, 1.54) is 6.07 Å². The quantitative estimate of drug-likeness (QED) is 0.419. The van der Waals surface area contributed by atoms with Crippen LogP contribution in [-0.2, 0) is 28.1 Å². The van der Waals surface area contributed by atoms with Gasteiger partial charge in [-0.3, -0.25) is 9.59 Å². The molecule has 0 radical (unpaired) electrons. The van der Waals surface area contributed by atoms with Gasteiger partial charge in [-0.15, -0.1) is 11.3 Å². The SMILES string of the molecule is O=C(NC1CCN(CC(F)(F)F)C1=O)c1sc(C2=NOC(c3cc(Cl)cc(Cl)c3)(C(F)(F)F)C2)c2c1CCC2. The number of nitrogens with zero attached hydrogens (tertiary/aromatic N) is 2. The van der Waals surface area contributed by atoms with Crippen LogP contribution in [0.15, 0.2) is 23.4 Å². The molecule has 2 amide bonds. The average Bonchev–Trinajstić information content (AvgIpc) is 3.58. The summed E-state index contributed by atoms with van der Waals surface area (Å²) < 4.78 is 81.4. The summed E-state index contributed by atoms with van der Waals surface area (Å²) in [4.78, 5) is 31.8. The minimum absolute atomic E-state index is 0.00100. The third-order valence-electron chi connectivity index (χ3n) is 6.93. The van der Waals surface area contributed by atoms with E-state index in [0.29, 0.717) is 40.2 Å². The summed E-state index contributed by atoms with van der Waals surface area (Å²) in [5, 5.41) is 6.28. The highest BCUT2D eigenvalue weighted by atomic mass is 35.5. The molecular formula is C24H19Cl2F6N3O3S. The molecule has 1 aromatic heterocycles. The Labute approximate surface area is 231 Å². The molecule has 1 N–H and O–H groups in total. The first kappa shape index (κ1) is 28.0. The zero-order valence-electron chi connectivity index (χ0n) is 19.8. The maximum Gasteiger partial charge on any atom is 0.435 e. The van der Waals surface area contributed by atoms with Gasteiger partial charge in [0, 0.05) is 22.2 Å². The van der Waals surface area contributed by atoms with Crippen molar-refractivity contribution in [3.05, 3.63) is 54.7 Å². The molecular weight excluding hydrogens is 595 g/mol. The van der Waals surface area contributed by atoms with Gasteiger partial charge in [0.05, 0.1) is 16.2 Å². The normalized spacial score (nSPS) is 23.2. The van der Waals surface area contributed by atoms with Crippen molar-refractivity contribution in [3.63, 3.8) is 0 Å². The van der Waals surface area contributed by atoms with E-state index in [-0.39, 0.29) is 39.2 Å². The Kier molecular flexibility index (Phi) is 7.08. The Morgan fingerprint density at radius 1 is 1.13 bits per heavy atom. The van der Waals surface area contributed by atoms with Gasteiger partial charge in [-0.2, -0.15) is 26.3 Å². The van der Waals surface area contributed by atoms with Gasteiger partial charge in [0.2, 0.25) is 5.91 Å². The Bertz CT molecular complexity index is 1360. The second-order valence-electron chi connectivity index (χ2n) is 9.55. The van der Waals surface area contributed by atoms with Gasteiger partial charge in [0.15, 0.2) is 0 Å². The van der Waals surface area contributed by atoms with E-state index >= 15 is 0 Å². The fraction of sp³-hybridized carbons (Fsp3) is 0.458. The van der Waals surface area contributed by atoms with Crippen molar-refractivity contribution in [2.75, 3.05) is 13.1 Å². The number of halogens is 8. The predicted molar refractivity (Wildman–Crippen MR) is 131 cm³/mol. The summed E-state index contributed by atoms with van der Waals surface area (Å²) in [6, 6.07) is 2.39. The highest BCUT2D eigenvalue weighted by molar-refractivity contribution is 7.16. The molecule has 2 aromatic rings. The molecule has 210 valence electrons. The molecule has 2 atom stereocenters. The smallest absolute Gasteiger partial charge is 0.374 e. The van der Waals surface area contributed by atoms with Crippen molar-refractivity contribution in [2.24, 2.45) is 5.16 Å². The van der Waals surface area contributed by atoms with E-state index in [1.54, 1.807) is 0 Å². The van der Waals surface area contributed by atoms with Crippen molar-refractivity contribution in [3.8, 4) is 0 Å². The number of carbonyl (C=O) groups is 2. The highest BCUT2D eigenvalue weighted by Gasteiger charge is 2.62. The summed E-state index contributed by atoms with van der Waals surface area (Å²) in [6.07, 6.45) is -8.50. The number of fused-ring (bicyclic) bond motifs is 1. The molecule has 0 saturated carbocycles. The molecule has 1 saturated heterocycles. The summed E-state index contributed by atoms with van der Waals surface area (Å²) in [5.41, 5.74) is -1.86. The molecule has 2 unspecified atom stereocenters. The van der Waals surface area contributed by atoms with Gasteiger partial charge in [-0.1, -0.05) is 28.4 Å². The van der Waals surface area contributed by atoms with Crippen LogP contribution in [0.3, 0.4) is 0 Å². The Morgan fingerprint density at radius 2 is 1.79 bits per heavy atom. The maximum atomic E-state index is 14.4. The minimum Gasteiger partial charge on any atom is -0.374 e. The van der Waals surface area contributed by atoms with Gasteiger partial charge in [0.1, 0.15) is 18.3 Å². The third kappa shape index (κ3) is 5.20. The van der Waals surface area contributed by atoms with Crippen LogP contribution in [-0.4, -0.2) is 53.9 Å². The van der Waals surface area contributed by atoms with E-state index in [0.717, 1.165) is 23.5 Å². The lowest BCUT2D eigenvalue weighted by molar-refractivity contribution is -0.275. The van der Waals surface area contributed by atoms with Crippen LogP contribution in [0.25, 0.3) is 0 Å². The number of hydrogen-bond donors (Lipinski definition) is 1. The molecule has 3 heterocycles. The van der Waals surface area contributed by atoms with Crippen LogP contribution in [0, 0.1) is 0 Å². The fourth-order valence-corrected chi connectivity index (χ4v) is 6.98. The Morgan fingerprint density at radius 3 is 2.44 bits per heavy atom. The molecule has 5 rings (SSSR count). The molecule has 3 aliphatic rings. The topological polar surface area (TPSA) is 71.0 Å². The van der Waals surface area contributed by atoms with Gasteiger partial charge in [0.25, 0.3) is 11.5 Å². The van der Waals surface area contributed by atoms with Crippen LogP contribution in [0.1, 0.15) is 50.5 Å². The maximum absolute atomic E-state index is 14.4. The standard InChI is InChI=1S/C24H19Cl2F6N3O3S/c25-12-6-11(7-13(26)8-12)22(24(30,31)32)9-17(34-38-22)18-14-2-1-3-15(14)19(39-18)20(36)33-16-4-5-35(21(16)37)10-23(27,28)29/h6-8,16H,1-5,9-10H2,(H,33,36). The lowest BCUT2D eigenvalue weighted by Gasteiger charge is -2.29. The zero-order chi connectivity index (χ0) is 28.3. The lowest BCUT2D eigenvalue weighted by atomic mass is 9.87. The van der Waals surface area contributed by atoms with Gasteiger partial charge in [-0.25, -0.2) is 0 Å². The number of thiophene rings is 1. The van der Waals surface area contributed by atoms with Crippen LogP contribution in [0.5, 0.6) is 0 Å². The first-order valence-corrected chi connectivity index (χ1v) is 13.4. The first-order valence-electron chi connectivity index (χ1n) is 11.8. The van der Waals surface area contributed by atoms with Crippen molar-refractivity contribution in [2.45, 2.75) is 56.1 Å². The second-order valence-corrected chi connectivity index (χ2v) is 11.4. The van der Waals surface area contributed by atoms with E-state index in [9.17, 15) is 35.9 Å². The van der Waals surface area contributed by atoms with Crippen LogP contribution in [0.4, 0.5) is 26.3 Å². The third-order valence-corrected chi connectivity index (χ3v) is 8.68. The summed E-state index contributed by atoms with van der Waals surface area (Å²) in [7, 11) is 0. The summed E-state index contributed by atoms with van der Waals surface area (Å²) in [6.45, 7) is -1.56. The van der Waals surface area contributed by atoms with Crippen molar-refractivity contribution >= 4 is 52.1 Å². The highest BCUT2D eigenvalue weighted by Crippen LogP contribution is 2.51. The lowest BCUT2D eigenvalue weighted by Crippen LogP contribution is -2.43. The summed E-state index contributed by atoms with van der Waals surface area (Å²) in [5.74, 6) is -1.50. The largest absolute Gasteiger partial charge is 0.435 e. The van der Waals surface area contributed by atoms with E-state index in [1.807, 2.05) is 0 Å². The zero-order valence-corrected chi connectivity index (χ0v) is 22.1. The Balaban J connectivity index is 1.40. The van der Waals surface area contributed by atoms with Crippen molar-refractivity contribution in [1.29, 1.82) is 0 Å². The van der Waals surface area contributed by atoms with Crippen LogP contribution < -0.4 is 5.32 Å². The van der Waals surface area contributed by atoms with E-state index in [2.05, 4.69) is 10.5 Å². The molecule has 0 bridgehead atoms. The van der Waals surface area contributed by atoms with Gasteiger partial charge in [-0.05, 0) is 55.0 Å². The van der Waals surface area contributed by atoms with Crippen LogP contribution in [0.2, 0.25) is 10.0 Å². The van der Waals surface area contributed by atoms with Crippen molar-refractivity contribution in [1.82, 2.24) is 10.2 Å². The minimum atomic E-state index is -4.89. The first-order chi connectivity index (χ1) is 18.2. The molecule has 1 fully saturated rings. The van der Waals surface area contributed by atoms with E-state index in [4.69, 9.17) is 28.0 Å².